The van der Waals surface area contributed by atoms with E-state index in [1.165, 1.54) is 31.4 Å². The van der Waals surface area contributed by atoms with E-state index in [0.29, 0.717) is 6.10 Å². The Bertz CT molecular complexity index is 280. The van der Waals surface area contributed by atoms with Gasteiger partial charge in [0.25, 0.3) is 0 Å². The Balaban J connectivity index is 0.00000200. The van der Waals surface area contributed by atoms with Gasteiger partial charge in [0.05, 0.1) is 12.6 Å². The van der Waals surface area contributed by atoms with Gasteiger partial charge in [-0.3, -0.25) is 4.99 Å². The Kier molecular flexibility index (Phi) is 10.1. The lowest BCUT2D eigenvalue weighted by atomic mass is 10.1. The summed E-state index contributed by atoms with van der Waals surface area (Å²) in [6.45, 7) is 5.74. The zero-order valence-electron chi connectivity index (χ0n) is 12.4. The summed E-state index contributed by atoms with van der Waals surface area (Å²) in [6, 6.07) is 0. The van der Waals surface area contributed by atoms with Gasteiger partial charge in [0.1, 0.15) is 0 Å². The van der Waals surface area contributed by atoms with Crippen molar-refractivity contribution in [3.63, 3.8) is 0 Å². The third-order valence-corrected chi connectivity index (χ3v) is 4.99. The summed E-state index contributed by atoms with van der Waals surface area (Å²) < 4.78 is 5.72. The number of ether oxygens (including phenoxy) is 1. The van der Waals surface area contributed by atoms with Gasteiger partial charge >= 0.3 is 0 Å². The molecule has 0 aromatic rings. The van der Waals surface area contributed by atoms with E-state index >= 15 is 0 Å². The van der Waals surface area contributed by atoms with Crippen LogP contribution in [0.4, 0.5) is 0 Å². The summed E-state index contributed by atoms with van der Waals surface area (Å²) in [5.41, 5.74) is 0. The molecule has 2 saturated heterocycles. The molecule has 2 rings (SSSR count). The summed E-state index contributed by atoms with van der Waals surface area (Å²) in [5.74, 6) is 2.26. The quantitative estimate of drug-likeness (QED) is 0.413. The zero-order chi connectivity index (χ0) is 13.3. The van der Waals surface area contributed by atoms with Crippen molar-refractivity contribution in [2.75, 3.05) is 32.0 Å². The molecule has 6 heteroatoms. The van der Waals surface area contributed by atoms with E-state index in [-0.39, 0.29) is 24.0 Å². The summed E-state index contributed by atoms with van der Waals surface area (Å²) in [6.07, 6.45) is 6.66. The molecule has 0 aromatic heterocycles. The fraction of sp³-hybridized carbons (Fsp3) is 0.929. The standard InChI is InChI=1S/C14H27N3OS.HI/c1-2-15-14(17-11-13-7-5-9-19-13)16-10-12-6-3-4-8-18-12;/h12-13H,2-11H2,1H3,(H2,15,16,17);1H. The minimum absolute atomic E-state index is 0. The molecule has 118 valence electrons. The Hall–Kier alpha value is 0.310. The third kappa shape index (κ3) is 6.85. The second-order valence-electron chi connectivity index (χ2n) is 5.22. The van der Waals surface area contributed by atoms with Crippen LogP contribution in [-0.2, 0) is 4.74 Å². The van der Waals surface area contributed by atoms with Crippen LogP contribution in [0.25, 0.3) is 0 Å². The molecule has 0 aliphatic carbocycles. The molecule has 0 saturated carbocycles. The van der Waals surface area contributed by atoms with E-state index in [2.05, 4.69) is 34.3 Å². The molecule has 4 nitrogen and oxygen atoms in total. The van der Waals surface area contributed by atoms with Crippen LogP contribution < -0.4 is 10.6 Å². The van der Waals surface area contributed by atoms with Crippen LogP contribution in [0.2, 0.25) is 0 Å². The van der Waals surface area contributed by atoms with Gasteiger partial charge < -0.3 is 15.4 Å². The fourth-order valence-corrected chi connectivity index (χ4v) is 3.70. The first-order valence-corrected chi connectivity index (χ1v) is 8.68. The molecule has 2 heterocycles. The molecule has 0 radical (unpaired) electrons. The van der Waals surface area contributed by atoms with Crippen LogP contribution in [0.15, 0.2) is 4.99 Å². The van der Waals surface area contributed by atoms with E-state index < -0.39 is 0 Å². The smallest absolute Gasteiger partial charge is 0.191 e. The Morgan fingerprint density at radius 3 is 2.80 bits per heavy atom. The van der Waals surface area contributed by atoms with Crippen molar-refractivity contribution < 1.29 is 4.74 Å². The minimum atomic E-state index is 0. The van der Waals surface area contributed by atoms with Gasteiger partial charge in [-0.25, -0.2) is 0 Å². The van der Waals surface area contributed by atoms with Crippen molar-refractivity contribution in [1.29, 1.82) is 0 Å². The average molecular weight is 413 g/mol. The van der Waals surface area contributed by atoms with E-state index in [0.717, 1.165) is 43.9 Å². The van der Waals surface area contributed by atoms with Crippen LogP contribution in [0, 0.1) is 0 Å². The molecular formula is C14H28IN3OS. The summed E-state index contributed by atoms with van der Waals surface area (Å²) in [5, 5.41) is 7.54. The molecule has 2 N–H and O–H groups in total. The van der Waals surface area contributed by atoms with Crippen molar-refractivity contribution in [3.05, 3.63) is 0 Å². The SMILES string of the molecule is CCNC(=NCC1CCCCO1)NCC1CCCS1.I. The van der Waals surface area contributed by atoms with E-state index in [1.54, 1.807) is 0 Å². The Morgan fingerprint density at radius 2 is 2.15 bits per heavy atom. The molecule has 0 amide bonds. The highest BCUT2D eigenvalue weighted by Gasteiger charge is 2.16. The molecule has 0 spiro atoms. The van der Waals surface area contributed by atoms with Gasteiger partial charge in [-0.2, -0.15) is 11.8 Å². The number of hydrogen-bond acceptors (Lipinski definition) is 3. The Labute approximate surface area is 144 Å². The molecular weight excluding hydrogens is 385 g/mol. The van der Waals surface area contributed by atoms with Crippen LogP contribution in [0.1, 0.15) is 39.0 Å². The van der Waals surface area contributed by atoms with Crippen LogP contribution in [0.3, 0.4) is 0 Å². The van der Waals surface area contributed by atoms with E-state index in [9.17, 15) is 0 Å². The van der Waals surface area contributed by atoms with Crippen LogP contribution in [-0.4, -0.2) is 49.3 Å². The number of aliphatic imine (C=N–C) groups is 1. The predicted octanol–water partition coefficient (Wildman–Crippen LogP) is 2.62. The number of guanidine groups is 1. The van der Waals surface area contributed by atoms with Gasteiger partial charge in [0.15, 0.2) is 5.96 Å². The lowest BCUT2D eigenvalue weighted by Crippen LogP contribution is -2.40. The maximum atomic E-state index is 5.72. The van der Waals surface area contributed by atoms with Gasteiger partial charge in [-0.1, -0.05) is 0 Å². The number of nitrogens with one attached hydrogen (secondary N) is 2. The number of halogens is 1. The molecule has 2 fully saturated rings. The number of hydrogen-bond donors (Lipinski definition) is 2. The van der Waals surface area contributed by atoms with Crippen LogP contribution in [0.5, 0.6) is 0 Å². The first-order chi connectivity index (χ1) is 9.38. The van der Waals surface area contributed by atoms with Gasteiger partial charge in [0, 0.05) is 24.9 Å². The van der Waals surface area contributed by atoms with Crippen LogP contribution >= 0.6 is 35.7 Å². The first kappa shape index (κ1) is 18.4. The van der Waals surface area contributed by atoms with Gasteiger partial charge in [-0.15, -0.1) is 24.0 Å². The second-order valence-corrected chi connectivity index (χ2v) is 6.63. The van der Waals surface area contributed by atoms with Gasteiger partial charge in [0.2, 0.25) is 0 Å². The third-order valence-electron chi connectivity index (χ3n) is 3.59. The summed E-state index contributed by atoms with van der Waals surface area (Å²) in [7, 11) is 0. The lowest BCUT2D eigenvalue weighted by molar-refractivity contribution is 0.0224. The topological polar surface area (TPSA) is 45.7 Å². The molecule has 2 unspecified atom stereocenters. The van der Waals surface area contributed by atoms with Gasteiger partial charge in [-0.05, 0) is 44.8 Å². The molecule has 20 heavy (non-hydrogen) atoms. The highest BCUT2D eigenvalue weighted by molar-refractivity contribution is 14.0. The molecule has 2 atom stereocenters. The number of nitrogens with zero attached hydrogens (tertiary/aromatic N) is 1. The van der Waals surface area contributed by atoms with Crippen molar-refractivity contribution in [2.24, 2.45) is 4.99 Å². The molecule has 0 bridgehead atoms. The van der Waals surface area contributed by atoms with Crippen molar-refractivity contribution in [1.82, 2.24) is 10.6 Å². The largest absolute Gasteiger partial charge is 0.376 e. The highest BCUT2D eigenvalue weighted by atomic mass is 127. The Morgan fingerprint density at radius 1 is 1.25 bits per heavy atom. The normalized spacial score (nSPS) is 26.9. The second kappa shape index (κ2) is 11.0. The zero-order valence-corrected chi connectivity index (χ0v) is 15.5. The fourth-order valence-electron chi connectivity index (χ4n) is 2.50. The molecule has 2 aliphatic rings. The average Bonchev–Trinajstić information content (AvgIpc) is 2.96. The van der Waals surface area contributed by atoms with E-state index in [4.69, 9.17) is 4.74 Å². The monoisotopic (exact) mass is 413 g/mol. The summed E-state index contributed by atoms with van der Waals surface area (Å²) >= 11 is 2.08. The number of thioether (sulfide) groups is 1. The predicted molar refractivity (Wildman–Crippen MR) is 98.5 cm³/mol. The molecule has 0 aromatic carbocycles. The molecule has 2 aliphatic heterocycles. The van der Waals surface area contributed by atoms with Crippen molar-refractivity contribution >= 4 is 41.7 Å². The highest BCUT2D eigenvalue weighted by Crippen LogP contribution is 2.25. The maximum Gasteiger partial charge on any atom is 0.191 e. The number of rotatable bonds is 5. The minimum Gasteiger partial charge on any atom is -0.376 e. The first-order valence-electron chi connectivity index (χ1n) is 7.64. The van der Waals surface area contributed by atoms with E-state index in [1.807, 2.05) is 0 Å². The maximum absolute atomic E-state index is 5.72. The summed E-state index contributed by atoms with van der Waals surface area (Å²) in [4.78, 5) is 4.66. The van der Waals surface area contributed by atoms with Crippen molar-refractivity contribution in [2.45, 2.75) is 50.4 Å². The lowest BCUT2D eigenvalue weighted by Gasteiger charge is -2.21. The van der Waals surface area contributed by atoms with Crippen molar-refractivity contribution in [3.8, 4) is 0 Å².